The highest BCUT2D eigenvalue weighted by molar-refractivity contribution is 7.90. The molecule has 0 atom stereocenters. The van der Waals surface area contributed by atoms with Crippen molar-refractivity contribution >= 4 is 27.3 Å². The monoisotopic (exact) mass is 416 g/mol. The highest BCUT2D eigenvalue weighted by Gasteiger charge is 2.19. The summed E-state index contributed by atoms with van der Waals surface area (Å²) in [7, 11) is -2.43. The molecule has 2 aromatic carbocycles. The Bertz CT molecular complexity index is 1120. The van der Waals surface area contributed by atoms with E-state index in [1.807, 2.05) is 25.3 Å². The van der Waals surface area contributed by atoms with Crippen LogP contribution in [-0.4, -0.2) is 26.4 Å². The third kappa shape index (κ3) is 4.58. The van der Waals surface area contributed by atoms with Crippen molar-refractivity contribution in [2.24, 2.45) is 0 Å². The molecule has 28 heavy (non-hydrogen) atoms. The zero-order chi connectivity index (χ0) is 20.3. The van der Waals surface area contributed by atoms with Gasteiger partial charge < -0.3 is 4.74 Å². The molecule has 0 unspecified atom stereocenters. The molecule has 0 bridgehead atoms. The van der Waals surface area contributed by atoms with Gasteiger partial charge in [-0.2, -0.15) is 0 Å². The normalized spacial score (nSPS) is 11.2. The fourth-order valence-electron chi connectivity index (χ4n) is 2.69. The number of carbonyl (C=O) groups is 1. The van der Waals surface area contributed by atoms with E-state index in [9.17, 15) is 13.2 Å². The first-order valence-electron chi connectivity index (χ1n) is 8.50. The van der Waals surface area contributed by atoms with Gasteiger partial charge in [-0.25, -0.2) is 18.1 Å². The Morgan fingerprint density at radius 1 is 1.18 bits per heavy atom. The number of ether oxygens (including phenoxy) is 1. The molecular weight excluding hydrogens is 396 g/mol. The molecule has 8 heteroatoms. The highest BCUT2D eigenvalue weighted by atomic mass is 32.2. The Morgan fingerprint density at radius 2 is 1.96 bits per heavy atom. The molecule has 0 saturated carbocycles. The van der Waals surface area contributed by atoms with E-state index in [2.05, 4.69) is 9.71 Å². The number of aryl methyl sites for hydroxylation is 2. The standard InChI is InChI=1S/C20H20N2O4S2/c1-13-7-8-15(9-18(13)26-3)10-19(23)22-28(24,25)17-6-4-5-16(11-17)20-21-14(2)12-27-20/h4-9,11-12H,10H2,1-3H3,(H,22,23). The molecule has 0 aliphatic rings. The van der Waals surface area contributed by atoms with Crippen LogP contribution in [0, 0.1) is 13.8 Å². The van der Waals surface area contributed by atoms with E-state index in [4.69, 9.17) is 4.74 Å². The lowest BCUT2D eigenvalue weighted by Crippen LogP contribution is -2.31. The number of benzene rings is 2. The van der Waals surface area contributed by atoms with Crippen LogP contribution >= 0.6 is 11.3 Å². The van der Waals surface area contributed by atoms with Crippen molar-refractivity contribution in [3.05, 3.63) is 64.7 Å². The maximum absolute atomic E-state index is 12.6. The average molecular weight is 417 g/mol. The molecule has 3 aromatic rings. The third-order valence-electron chi connectivity index (χ3n) is 4.10. The van der Waals surface area contributed by atoms with Gasteiger partial charge in [-0.05, 0) is 43.2 Å². The first kappa shape index (κ1) is 20.0. The van der Waals surface area contributed by atoms with Gasteiger partial charge in [0.05, 0.1) is 18.4 Å². The van der Waals surface area contributed by atoms with Crippen molar-refractivity contribution in [3.8, 4) is 16.3 Å². The number of aromatic nitrogens is 1. The number of amides is 1. The zero-order valence-corrected chi connectivity index (χ0v) is 17.4. The fraction of sp³-hybridized carbons (Fsp3) is 0.200. The topological polar surface area (TPSA) is 85.4 Å². The van der Waals surface area contributed by atoms with Crippen molar-refractivity contribution in [2.75, 3.05) is 7.11 Å². The molecular formula is C20H20N2O4S2. The summed E-state index contributed by atoms with van der Waals surface area (Å²) in [5.41, 5.74) is 3.17. The zero-order valence-electron chi connectivity index (χ0n) is 15.7. The minimum Gasteiger partial charge on any atom is -0.496 e. The SMILES string of the molecule is COc1cc(CC(=O)NS(=O)(=O)c2cccc(-c3nc(C)cs3)c2)ccc1C. The van der Waals surface area contributed by atoms with Gasteiger partial charge in [0, 0.05) is 16.6 Å². The summed E-state index contributed by atoms with van der Waals surface area (Å²) < 4.78 is 32.6. The average Bonchev–Trinajstić information content (AvgIpc) is 3.09. The summed E-state index contributed by atoms with van der Waals surface area (Å²) in [6, 6.07) is 11.7. The first-order chi connectivity index (χ1) is 13.3. The van der Waals surface area contributed by atoms with Crippen LogP contribution in [0.1, 0.15) is 16.8 Å². The predicted molar refractivity (Wildman–Crippen MR) is 109 cm³/mol. The second-order valence-corrected chi connectivity index (χ2v) is 8.87. The number of nitrogens with zero attached hydrogens (tertiary/aromatic N) is 1. The van der Waals surface area contributed by atoms with E-state index < -0.39 is 15.9 Å². The Hall–Kier alpha value is -2.71. The van der Waals surface area contributed by atoms with E-state index in [1.165, 1.54) is 23.5 Å². The van der Waals surface area contributed by atoms with Gasteiger partial charge in [0.15, 0.2) is 0 Å². The number of rotatable bonds is 6. The number of carbonyl (C=O) groups excluding carboxylic acids is 1. The molecule has 3 rings (SSSR count). The van der Waals surface area contributed by atoms with E-state index in [-0.39, 0.29) is 11.3 Å². The molecule has 1 N–H and O–H groups in total. The molecule has 0 saturated heterocycles. The summed E-state index contributed by atoms with van der Waals surface area (Å²) in [6.07, 6.45) is -0.0682. The lowest BCUT2D eigenvalue weighted by atomic mass is 10.1. The van der Waals surface area contributed by atoms with Crippen molar-refractivity contribution in [1.82, 2.24) is 9.71 Å². The van der Waals surface area contributed by atoms with Gasteiger partial charge in [0.2, 0.25) is 5.91 Å². The number of sulfonamides is 1. The van der Waals surface area contributed by atoms with Crippen molar-refractivity contribution < 1.29 is 17.9 Å². The van der Waals surface area contributed by atoms with Crippen LogP contribution in [0.4, 0.5) is 0 Å². The summed E-state index contributed by atoms with van der Waals surface area (Å²) in [4.78, 5) is 16.7. The molecule has 146 valence electrons. The van der Waals surface area contributed by atoms with E-state index in [0.29, 0.717) is 16.9 Å². The molecule has 6 nitrogen and oxygen atoms in total. The van der Waals surface area contributed by atoms with Crippen molar-refractivity contribution in [2.45, 2.75) is 25.2 Å². The molecule has 0 aliphatic carbocycles. The van der Waals surface area contributed by atoms with Gasteiger partial charge in [0.25, 0.3) is 10.0 Å². The van der Waals surface area contributed by atoms with E-state index >= 15 is 0 Å². The number of nitrogens with one attached hydrogen (secondary N) is 1. The van der Waals surface area contributed by atoms with Crippen LogP contribution in [0.3, 0.4) is 0 Å². The third-order valence-corrected chi connectivity index (χ3v) is 6.48. The Kier molecular flexibility index (Phi) is 5.81. The molecule has 0 aliphatic heterocycles. The van der Waals surface area contributed by atoms with E-state index in [0.717, 1.165) is 16.3 Å². The molecule has 1 amide bonds. The summed E-state index contributed by atoms with van der Waals surface area (Å²) in [5.74, 6) is 0.0426. The second kappa shape index (κ2) is 8.12. The number of hydrogen-bond donors (Lipinski definition) is 1. The Balaban J connectivity index is 1.77. The smallest absolute Gasteiger partial charge is 0.264 e. The molecule has 0 spiro atoms. The summed E-state index contributed by atoms with van der Waals surface area (Å²) in [5, 5.41) is 2.63. The Morgan fingerprint density at radius 3 is 2.64 bits per heavy atom. The minimum atomic E-state index is -3.98. The first-order valence-corrected chi connectivity index (χ1v) is 10.9. The number of methoxy groups -OCH3 is 1. The predicted octanol–water partition coefficient (Wildman–Crippen LogP) is 3.48. The summed E-state index contributed by atoms with van der Waals surface area (Å²) >= 11 is 1.44. The lowest BCUT2D eigenvalue weighted by molar-refractivity contribution is -0.118. The maximum atomic E-state index is 12.6. The summed E-state index contributed by atoms with van der Waals surface area (Å²) in [6.45, 7) is 3.77. The van der Waals surface area contributed by atoms with Gasteiger partial charge in [-0.15, -0.1) is 11.3 Å². The van der Waals surface area contributed by atoms with Crippen LogP contribution in [0.25, 0.3) is 10.6 Å². The number of thiazole rings is 1. The minimum absolute atomic E-state index is 0.0210. The fourth-order valence-corrected chi connectivity index (χ4v) is 4.51. The van der Waals surface area contributed by atoms with Crippen molar-refractivity contribution in [1.29, 1.82) is 0 Å². The van der Waals surface area contributed by atoms with Crippen molar-refractivity contribution in [3.63, 3.8) is 0 Å². The molecule has 0 radical (unpaired) electrons. The van der Waals surface area contributed by atoms with Crippen LogP contribution in [0.15, 0.2) is 52.7 Å². The van der Waals surface area contributed by atoms with Gasteiger partial charge >= 0.3 is 0 Å². The van der Waals surface area contributed by atoms with Crippen LogP contribution < -0.4 is 9.46 Å². The van der Waals surface area contributed by atoms with Gasteiger partial charge in [0.1, 0.15) is 10.8 Å². The molecule has 1 heterocycles. The highest BCUT2D eigenvalue weighted by Crippen LogP contribution is 2.25. The van der Waals surface area contributed by atoms with Crippen LogP contribution in [0.5, 0.6) is 5.75 Å². The van der Waals surface area contributed by atoms with Crippen LogP contribution in [-0.2, 0) is 21.2 Å². The quantitative estimate of drug-likeness (QED) is 0.665. The van der Waals surface area contributed by atoms with E-state index in [1.54, 1.807) is 31.4 Å². The molecule has 1 aromatic heterocycles. The largest absolute Gasteiger partial charge is 0.496 e. The Labute approximate surface area is 168 Å². The maximum Gasteiger partial charge on any atom is 0.264 e. The van der Waals surface area contributed by atoms with Gasteiger partial charge in [-0.1, -0.05) is 24.3 Å². The van der Waals surface area contributed by atoms with Crippen LogP contribution in [0.2, 0.25) is 0 Å². The number of hydrogen-bond acceptors (Lipinski definition) is 6. The van der Waals surface area contributed by atoms with Gasteiger partial charge in [-0.3, -0.25) is 4.79 Å². The lowest BCUT2D eigenvalue weighted by Gasteiger charge is -2.10. The second-order valence-electron chi connectivity index (χ2n) is 6.33. The molecule has 0 fully saturated rings.